The number of carbonyl (C=O) groups excluding carboxylic acids is 2. The molecular weight excluding hydrogens is 298 g/mol. The summed E-state index contributed by atoms with van der Waals surface area (Å²) in [4.78, 5) is 29.3. The molecule has 1 saturated heterocycles. The molecule has 0 unspecified atom stereocenters. The highest BCUT2D eigenvalue weighted by atomic mass is 16.5. The van der Waals surface area contributed by atoms with Crippen molar-refractivity contribution in [2.45, 2.75) is 6.54 Å². The van der Waals surface area contributed by atoms with Crippen molar-refractivity contribution in [3.8, 4) is 0 Å². The summed E-state index contributed by atoms with van der Waals surface area (Å²) in [7, 11) is 0. The average Bonchev–Trinajstić information content (AvgIpc) is 2.92. The summed E-state index contributed by atoms with van der Waals surface area (Å²) in [6.45, 7) is 4.80. The van der Waals surface area contributed by atoms with Gasteiger partial charge in [0.2, 0.25) is 0 Å². The number of aromatic nitrogens is 2. The van der Waals surface area contributed by atoms with Gasteiger partial charge in [-0.15, -0.1) is 0 Å². The third kappa shape index (κ3) is 3.17. The van der Waals surface area contributed by atoms with Crippen LogP contribution in [0.3, 0.4) is 0 Å². The molecule has 1 fully saturated rings. The van der Waals surface area contributed by atoms with Gasteiger partial charge >= 0.3 is 0 Å². The molecule has 3 heterocycles. The molecule has 2 aromatic rings. The molecule has 122 valence electrons. The molecule has 0 radical (unpaired) electrons. The summed E-state index contributed by atoms with van der Waals surface area (Å²) in [5.41, 5.74) is 11.9. The second kappa shape index (κ2) is 6.35. The molecule has 4 N–H and O–H groups in total. The predicted octanol–water partition coefficient (Wildman–Crippen LogP) is -0.434. The normalized spacial score (nSPS) is 15.8. The Morgan fingerprint density at radius 3 is 2.57 bits per heavy atom. The summed E-state index contributed by atoms with van der Waals surface area (Å²) in [5.74, 6) is -1.18. The molecule has 0 bridgehead atoms. The van der Waals surface area contributed by atoms with Gasteiger partial charge in [-0.1, -0.05) is 0 Å². The van der Waals surface area contributed by atoms with Crippen LogP contribution in [0.5, 0.6) is 0 Å². The van der Waals surface area contributed by atoms with Crippen LogP contribution in [-0.4, -0.2) is 59.1 Å². The molecule has 0 saturated carbocycles. The van der Waals surface area contributed by atoms with Crippen LogP contribution in [0.2, 0.25) is 0 Å². The number of nitrogens with two attached hydrogens (primary N) is 2. The second-order valence-corrected chi connectivity index (χ2v) is 5.51. The van der Waals surface area contributed by atoms with Crippen LogP contribution in [0.15, 0.2) is 18.5 Å². The number of carbonyl (C=O) groups is 2. The number of hydrogen-bond acceptors (Lipinski definition) is 5. The van der Waals surface area contributed by atoms with Crippen molar-refractivity contribution in [1.29, 1.82) is 0 Å². The Kier molecular flexibility index (Phi) is 4.26. The predicted molar refractivity (Wildman–Crippen MR) is 84.0 cm³/mol. The second-order valence-electron chi connectivity index (χ2n) is 5.51. The summed E-state index contributed by atoms with van der Waals surface area (Å²) >= 11 is 0. The monoisotopic (exact) mass is 317 g/mol. The molecule has 23 heavy (non-hydrogen) atoms. The number of amides is 2. The van der Waals surface area contributed by atoms with Gasteiger partial charge in [-0.25, -0.2) is 4.98 Å². The van der Waals surface area contributed by atoms with Gasteiger partial charge in [0.1, 0.15) is 5.69 Å². The quantitative estimate of drug-likeness (QED) is 0.776. The van der Waals surface area contributed by atoms with Gasteiger partial charge in [0.25, 0.3) is 11.8 Å². The lowest BCUT2D eigenvalue weighted by Gasteiger charge is -2.26. The highest BCUT2D eigenvalue weighted by Gasteiger charge is 2.16. The highest BCUT2D eigenvalue weighted by Crippen LogP contribution is 2.21. The number of nitrogens with zero attached hydrogens (tertiary/aromatic N) is 3. The summed E-state index contributed by atoms with van der Waals surface area (Å²) in [5, 5.41) is 0.600. The van der Waals surface area contributed by atoms with Crippen LogP contribution in [0.25, 0.3) is 10.9 Å². The fourth-order valence-corrected chi connectivity index (χ4v) is 2.78. The van der Waals surface area contributed by atoms with Crippen LogP contribution in [-0.2, 0) is 11.3 Å². The van der Waals surface area contributed by atoms with Gasteiger partial charge < -0.3 is 20.8 Å². The number of pyridine rings is 1. The fourth-order valence-electron chi connectivity index (χ4n) is 2.78. The lowest BCUT2D eigenvalue weighted by atomic mass is 10.2. The largest absolute Gasteiger partial charge is 0.379 e. The number of primary amides is 2. The van der Waals surface area contributed by atoms with E-state index in [0.717, 1.165) is 38.4 Å². The zero-order valence-electron chi connectivity index (χ0n) is 12.7. The molecule has 0 atom stereocenters. The van der Waals surface area contributed by atoms with Gasteiger partial charge in [0, 0.05) is 37.8 Å². The Bertz CT molecular complexity index is 749. The van der Waals surface area contributed by atoms with E-state index in [4.69, 9.17) is 16.2 Å². The van der Waals surface area contributed by atoms with E-state index in [1.165, 1.54) is 6.07 Å². The minimum absolute atomic E-state index is 0.117. The van der Waals surface area contributed by atoms with Gasteiger partial charge in [-0.2, -0.15) is 0 Å². The summed E-state index contributed by atoms with van der Waals surface area (Å²) in [6.07, 6.45) is 3.26. The maximum absolute atomic E-state index is 11.7. The minimum atomic E-state index is -0.636. The van der Waals surface area contributed by atoms with Gasteiger partial charge in [-0.3, -0.25) is 14.5 Å². The van der Waals surface area contributed by atoms with E-state index in [-0.39, 0.29) is 5.69 Å². The Morgan fingerprint density at radius 2 is 1.91 bits per heavy atom. The lowest BCUT2D eigenvalue weighted by molar-refractivity contribution is 0.0365. The van der Waals surface area contributed by atoms with Crippen molar-refractivity contribution in [2.75, 3.05) is 32.8 Å². The van der Waals surface area contributed by atoms with E-state index < -0.39 is 11.8 Å². The SMILES string of the molecule is NC(=O)c1cc2c(C(N)=O)cn(CCN3CCOCC3)c2cn1. The minimum Gasteiger partial charge on any atom is -0.379 e. The molecular formula is C15H19N5O3. The van der Waals surface area contributed by atoms with Crippen molar-refractivity contribution < 1.29 is 14.3 Å². The first-order valence-electron chi connectivity index (χ1n) is 7.45. The van der Waals surface area contributed by atoms with E-state index in [1.807, 2.05) is 4.57 Å². The number of fused-ring (bicyclic) bond motifs is 1. The van der Waals surface area contributed by atoms with Gasteiger partial charge in [0.05, 0.1) is 30.5 Å². The average molecular weight is 317 g/mol. The summed E-state index contributed by atoms with van der Waals surface area (Å²) < 4.78 is 7.26. The van der Waals surface area contributed by atoms with Crippen LogP contribution < -0.4 is 11.5 Å². The molecule has 8 heteroatoms. The number of hydrogen-bond donors (Lipinski definition) is 2. The topological polar surface area (TPSA) is 116 Å². The number of morpholine rings is 1. The molecule has 8 nitrogen and oxygen atoms in total. The molecule has 0 spiro atoms. The lowest BCUT2D eigenvalue weighted by Crippen LogP contribution is -2.38. The Morgan fingerprint density at radius 1 is 1.17 bits per heavy atom. The zero-order chi connectivity index (χ0) is 16.4. The van der Waals surface area contributed by atoms with Crippen LogP contribution in [0, 0.1) is 0 Å². The molecule has 0 aliphatic carbocycles. The van der Waals surface area contributed by atoms with Crippen LogP contribution in [0.1, 0.15) is 20.8 Å². The zero-order valence-corrected chi connectivity index (χ0v) is 12.7. The molecule has 1 aliphatic heterocycles. The first-order valence-corrected chi connectivity index (χ1v) is 7.45. The highest BCUT2D eigenvalue weighted by molar-refractivity contribution is 6.07. The van der Waals surface area contributed by atoms with E-state index in [2.05, 4.69) is 9.88 Å². The van der Waals surface area contributed by atoms with Crippen molar-refractivity contribution in [2.24, 2.45) is 11.5 Å². The third-order valence-corrected chi connectivity index (χ3v) is 4.05. The van der Waals surface area contributed by atoms with E-state index in [1.54, 1.807) is 12.4 Å². The number of rotatable bonds is 5. The van der Waals surface area contributed by atoms with Crippen molar-refractivity contribution in [3.63, 3.8) is 0 Å². The van der Waals surface area contributed by atoms with E-state index >= 15 is 0 Å². The molecule has 1 aliphatic rings. The molecule has 2 amide bonds. The first kappa shape index (κ1) is 15.4. The maximum atomic E-state index is 11.7. The van der Waals surface area contributed by atoms with Crippen LogP contribution >= 0.6 is 0 Å². The van der Waals surface area contributed by atoms with E-state index in [0.29, 0.717) is 17.5 Å². The van der Waals surface area contributed by atoms with Gasteiger partial charge in [-0.05, 0) is 6.07 Å². The summed E-state index contributed by atoms with van der Waals surface area (Å²) in [6, 6.07) is 1.52. The van der Waals surface area contributed by atoms with Crippen molar-refractivity contribution in [1.82, 2.24) is 14.5 Å². The van der Waals surface area contributed by atoms with Crippen molar-refractivity contribution in [3.05, 3.63) is 29.7 Å². The van der Waals surface area contributed by atoms with Gasteiger partial charge in [0.15, 0.2) is 0 Å². The maximum Gasteiger partial charge on any atom is 0.267 e. The number of ether oxygens (including phenoxy) is 1. The van der Waals surface area contributed by atoms with Crippen molar-refractivity contribution >= 4 is 22.7 Å². The molecule has 0 aromatic carbocycles. The van der Waals surface area contributed by atoms with E-state index in [9.17, 15) is 9.59 Å². The molecule has 3 rings (SSSR count). The third-order valence-electron chi connectivity index (χ3n) is 4.05. The Hall–Kier alpha value is -2.45. The standard InChI is InChI=1S/C15H19N5O3/c16-14(21)11-9-20(2-1-19-3-5-23-6-4-19)13-8-18-12(15(17)22)7-10(11)13/h7-9H,1-6H2,(H2,16,21)(H2,17,22). The van der Waals surface area contributed by atoms with Crippen LogP contribution in [0.4, 0.5) is 0 Å². The fraction of sp³-hybridized carbons (Fsp3) is 0.400. The Balaban J connectivity index is 1.90. The first-order chi connectivity index (χ1) is 11.1. The Labute approximate surface area is 133 Å². The smallest absolute Gasteiger partial charge is 0.267 e. The molecule has 2 aromatic heterocycles.